The van der Waals surface area contributed by atoms with Crippen molar-refractivity contribution in [3.05, 3.63) is 29.8 Å². The molecule has 0 heterocycles. The van der Waals surface area contributed by atoms with Crippen LogP contribution in [-0.2, 0) is 0 Å². The topological polar surface area (TPSA) is 32.3 Å². The van der Waals surface area contributed by atoms with Crippen molar-refractivity contribution < 1.29 is 5.11 Å². The number of nitrogens with one attached hydrogen (secondary N) is 1. The van der Waals surface area contributed by atoms with E-state index in [1.165, 1.54) is 5.56 Å². The van der Waals surface area contributed by atoms with Crippen LogP contribution in [0.3, 0.4) is 0 Å². The first-order valence-corrected chi connectivity index (χ1v) is 5.11. The molecule has 1 aromatic carbocycles. The van der Waals surface area contributed by atoms with Crippen molar-refractivity contribution in [2.24, 2.45) is 0 Å². The summed E-state index contributed by atoms with van der Waals surface area (Å²) in [5, 5.41) is 12.3. The molecule has 2 heteroatoms. The molecule has 0 unspecified atom stereocenters. The van der Waals surface area contributed by atoms with Gasteiger partial charge in [0.15, 0.2) is 0 Å². The molecule has 78 valence electrons. The fourth-order valence-corrected chi connectivity index (χ4v) is 1.27. The predicted molar refractivity (Wildman–Crippen MR) is 60.7 cm³/mol. The second kappa shape index (κ2) is 5.01. The molecule has 0 saturated carbocycles. The van der Waals surface area contributed by atoms with Crippen LogP contribution in [0.5, 0.6) is 0 Å². The first kappa shape index (κ1) is 11.1. The van der Waals surface area contributed by atoms with Gasteiger partial charge >= 0.3 is 0 Å². The lowest BCUT2D eigenvalue weighted by Gasteiger charge is -2.11. The number of benzene rings is 1. The van der Waals surface area contributed by atoms with Gasteiger partial charge < -0.3 is 10.4 Å². The molecule has 0 aliphatic carbocycles. The van der Waals surface area contributed by atoms with Crippen LogP contribution in [0.2, 0.25) is 0 Å². The Hall–Kier alpha value is -1.02. The Morgan fingerprint density at radius 3 is 2.57 bits per heavy atom. The van der Waals surface area contributed by atoms with E-state index >= 15 is 0 Å². The molecule has 0 aliphatic heterocycles. The fraction of sp³-hybridized carbons (Fsp3) is 0.500. The highest BCUT2D eigenvalue weighted by Gasteiger charge is 2.00. The lowest BCUT2D eigenvalue weighted by atomic mass is 10.0. The molecule has 0 aliphatic rings. The molecule has 0 radical (unpaired) electrons. The highest BCUT2D eigenvalue weighted by atomic mass is 16.3. The van der Waals surface area contributed by atoms with Crippen molar-refractivity contribution in [2.45, 2.75) is 32.8 Å². The van der Waals surface area contributed by atoms with Crippen molar-refractivity contribution in [2.75, 3.05) is 11.9 Å². The van der Waals surface area contributed by atoms with E-state index in [-0.39, 0.29) is 6.10 Å². The molecule has 2 nitrogen and oxygen atoms in total. The Morgan fingerprint density at radius 2 is 2.00 bits per heavy atom. The van der Waals surface area contributed by atoms with Crippen molar-refractivity contribution in [3.63, 3.8) is 0 Å². The minimum Gasteiger partial charge on any atom is -0.392 e. The van der Waals surface area contributed by atoms with Crippen LogP contribution in [0, 0.1) is 0 Å². The quantitative estimate of drug-likeness (QED) is 0.770. The van der Waals surface area contributed by atoms with E-state index in [1.54, 1.807) is 6.92 Å². The molecule has 0 amide bonds. The first-order chi connectivity index (χ1) is 6.59. The van der Waals surface area contributed by atoms with Gasteiger partial charge in [-0.25, -0.2) is 0 Å². The number of anilines is 1. The van der Waals surface area contributed by atoms with Gasteiger partial charge in [0.1, 0.15) is 0 Å². The maximum absolute atomic E-state index is 9.13. The number of aliphatic hydroxyl groups excluding tert-OH is 1. The zero-order valence-corrected chi connectivity index (χ0v) is 9.12. The van der Waals surface area contributed by atoms with E-state index in [2.05, 4.69) is 31.3 Å². The van der Waals surface area contributed by atoms with Gasteiger partial charge in [-0.1, -0.05) is 26.0 Å². The fourth-order valence-electron chi connectivity index (χ4n) is 1.27. The lowest BCUT2D eigenvalue weighted by Crippen LogP contribution is -2.15. The molecule has 1 aromatic rings. The average molecular weight is 193 g/mol. The third-order valence-corrected chi connectivity index (χ3v) is 2.15. The molecule has 1 atom stereocenters. The molecular formula is C12H19NO. The number of hydrogen-bond acceptors (Lipinski definition) is 2. The molecular weight excluding hydrogens is 174 g/mol. The summed E-state index contributed by atoms with van der Waals surface area (Å²) in [6.07, 6.45) is -0.308. The summed E-state index contributed by atoms with van der Waals surface area (Å²) in [6, 6.07) is 8.32. The number of hydrogen-bond donors (Lipinski definition) is 2. The Morgan fingerprint density at radius 1 is 1.29 bits per heavy atom. The zero-order valence-electron chi connectivity index (χ0n) is 9.12. The molecule has 2 N–H and O–H groups in total. The predicted octanol–water partition coefficient (Wildman–Crippen LogP) is 2.60. The van der Waals surface area contributed by atoms with Crippen LogP contribution in [0.15, 0.2) is 24.3 Å². The van der Waals surface area contributed by atoms with E-state index in [4.69, 9.17) is 5.11 Å². The minimum atomic E-state index is -0.308. The minimum absolute atomic E-state index is 0.308. The Labute approximate surface area is 86.0 Å². The number of rotatable bonds is 4. The molecule has 0 aromatic heterocycles. The second-order valence-corrected chi connectivity index (χ2v) is 4.01. The van der Waals surface area contributed by atoms with E-state index in [0.29, 0.717) is 12.5 Å². The van der Waals surface area contributed by atoms with Crippen LogP contribution in [-0.4, -0.2) is 17.8 Å². The maximum atomic E-state index is 9.13. The molecule has 0 spiro atoms. The molecule has 0 fully saturated rings. The summed E-state index contributed by atoms with van der Waals surface area (Å²) in [5.74, 6) is 0.545. The molecule has 0 saturated heterocycles. The van der Waals surface area contributed by atoms with E-state index in [0.717, 1.165) is 5.69 Å². The van der Waals surface area contributed by atoms with Crippen LogP contribution in [0.1, 0.15) is 32.3 Å². The van der Waals surface area contributed by atoms with Crippen molar-refractivity contribution in [1.29, 1.82) is 0 Å². The van der Waals surface area contributed by atoms with E-state index < -0.39 is 0 Å². The van der Waals surface area contributed by atoms with Crippen LogP contribution in [0.4, 0.5) is 5.69 Å². The van der Waals surface area contributed by atoms with Gasteiger partial charge in [-0.3, -0.25) is 0 Å². The van der Waals surface area contributed by atoms with Gasteiger partial charge in [-0.2, -0.15) is 0 Å². The smallest absolute Gasteiger partial charge is 0.0684 e. The van der Waals surface area contributed by atoms with Gasteiger partial charge in [-0.05, 0) is 30.5 Å². The lowest BCUT2D eigenvalue weighted by molar-refractivity contribution is 0.208. The average Bonchev–Trinajstić information content (AvgIpc) is 2.15. The molecule has 14 heavy (non-hydrogen) atoms. The van der Waals surface area contributed by atoms with Gasteiger partial charge in [0.25, 0.3) is 0 Å². The summed E-state index contributed by atoms with van der Waals surface area (Å²) in [5.41, 5.74) is 2.40. The van der Waals surface area contributed by atoms with Crippen molar-refractivity contribution in [1.82, 2.24) is 0 Å². The highest BCUT2D eigenvalue weighted by molar-refractivity contribution is 5.46. The summed E-state index contributed by atoms with van der Waals surface area (Å²) in [4.78, 5) is 0. The largest absolute Gasteiger partial charge is 0.392 e. The summed E-state index contributed by atoms with van der Waals surface area (Å²) in [7, 11) is 0. The molecule has 0 bridgehead atoms. The van der Waals surface area contributed by atoms with Crippen molar-refractivity contribution in [3.8, 4) is 0 Å². The maximum Gasteiger partial charge on any atom is 0.0684 e. The van der Waals surface area contributed by atoms with Gasteiger partial charge in [0, 0.05) is 12.2 Å². The van der Waals surface area contributed by atoms with Gasteiger partial charge in [0.05, 0.1) is 6.10 Å². The first-order valence-electron chi connectivity index (χ1n) is 5.11. The SMILES string of the molecule is CC(C)c1cccc(NC[C@@H](C)O)c1. The summed E-state index contributed by atoms with van der Waals surface area (Å²) < 4.78 is 0. The summed E-state index contributed by atoms with van der Waals surface area (Å²) in [6.45, 7) is 6.72. The Balaban J connectivity index is 2.64. The second-order valence-electron chi connectivity index (χ2n) is 4.01. The monoisotopic (exact) mass is 193 g/mol. The molecule has 1 rings (SSSR count). The van der Waals surface area contributed by atoms with E-state index in [1.807, 2.05) is 12.1 Å². The van der Waals surface area contributed by atoms with Crippen LogP contribution < -0.4 is 5.32 Å². The van der Waals surface area contributed by atoms with Crippen molar-refractivity contribution >= 4 is 5.69 Å². The standard InChI is InChI=1S/C12H19NO/c1-9(2)11-5-4-6-12(7-11)13-8-10(3)14/h4-7,9-10,13-14H,8H2,1-3H3/t10-/m1/s1. The van der Waals surface area contributed by atoms with Crippen LogP contribution in [0.25, 0.3) is 0 Å². The third kappa shape index (κ3) is 3.38. The van der Waals surface area contributed by atoms with Gasteiger partial charge in [-0.15, -0.1) is 0 Å². The Kier molecular flexibility index (Phi) is 3.96. The normalized spacial score (nSPS) is 12.9. The number of aliphatic hydroxyl groups is 1. The third-order valence-electron chi connectivity index (χ3n) is 2.15. The van der Waals surface area contributed by atoms with Gasteiger partial charge in [0.2, 0.25) is 0 Å². The van der Waals surface area contributed by atoms with Crippen LogP contribution >= 0.6 is 0 Å². The zero-order chi connectivity index (χ0) is 10.6. The Bertz CT molecular complexity index is 281. The highest BCUT2D eigenvalue weighted by Crippen LogP contribution is 2.18. The summed E-state index contributed by atoms with van der Waals surface area (Å²) >= 11 is 0. The van der Waals surface area contributed by atoms with E-state index in [9.17, 15) is 0 Å².